The van der Waals surface area contributed by atoms with Gasteiger partial charge in [0.1, 0.15) is 6.61 Å². The molecule has 1 aromatic rings. The standard InChI is InChI=1S/C12H14ClNO2/c13-10-3-1-9(2-4-10)7-16-11(15)12(8-14)5-6-12/h1-4H,5-8,14H2. The second-order valence-corrected chi connectivity index (χ2v) is 4.62. The number of nitrogens with two attached hydrogens (primary N) is 1. The minimum absolute atomic E-state index is 0.176. The highest BCUT2D eigenvalue weighted by Gasteiger charge is 2.50. The Labute approximate surface area is 99.5 Å². The summed E-state index contributed by atoms with van der Waals surface area (Å²) in [5, 5.41) is 0.677. The lowest BCUT2D eigenvalue weighted by Gasteiger charge is -2.11. The van der Waals surface area contributed by atoms with Gasteiger partial charge in [-0.15, -0.1) is 0 Å². The van der Waals surface area contributed by atoms with Crippen LogP contribution in [-0.4, -0.2) is 12.5 Å². The third-order valence-corrected chi connectivity index (χ3v) is 3.21. The minimum Gasteiger partial charge on any atom is -0.460 e. The van der Waals surface area contributed by atoms with E-state index in [-0.39, 0.29) is 18.0 Å². The number of carbonyl (C=O) groups is 1. The van der Waals surface area contributed by atoms with Gasteiger partial charge in [0.25, 0.3) is 0 Å². The Kier molecular flexibility index (Phi) is 3.17. The smallest absolute Gasteiger partial charge is 0.313 e. The van der Waals surface area contributed by atoms with Gasteiger partial charge in [-0.05, 0) is 30.5 Å². The second kappa shape index (κ2) is 4.44. The summed E-state index contributed by atoms with van der Waals surface area (Å²) in [7, 11) is 0. The van der Waals surface area contributed by atoms with Crippen molar-refractivity contribution < 1.29 is 9.53 Å². The number of hydrogen-bond acceptors (Lipinski definition) is 3. The Hall–Kier alpha value is -1.06. The number of rotatable bonds is 4. The number of benzene rings is 1. The van der Waals surface area contributed by atoms with Crippen molar-refractivity contribution in [1.29, 1.82) is 0 Å². The first-order valence-corrected chi connectivity index (χ1v) is 5.66. The van der Waals surface area contributed by atoms with Crippen molar-refractivity contribution >= 4 is 17.6 Å². The molecule has 2 N–H and O–H groups in total. The first-order valence-electron chi connectivity index (χ1n) is 5.28. The maximum Gasteiger partial charge on any atom is 0.313 e. The van der Waals surface area contributed by atoms with E-state index in [1.165, 1.54) is 0 Å². The molecule has 0 bridgehead atoms. The van der Waals surface area contributed by atoms with Gasteiger partial charge in [0.2, 0.25) is 0 Å². The Morgan fingerprint density at radius 2 is 2.00 bits per heavy atom. The molecule has 0 radical (unpaired) electrons. The van der Waals surface area contributed by atoms with Crippen LogP contribution in [-0.2, 0) is 16.1 Å². The van der Waals surface area contributed by atoms with Gasteiger partial charge in [0, 0.05) is 11.6 Å². The molecule has 1 fully saturated rings. The van der Waals surface area contributed by atoms with Crippen molar-refractivity contribution in [3.8, 4) is 0 Å². The minimum atomic E-state index is -0.383. The van der Waals surface area contributed by atoms with Gasteiger partial charge in [-0.2, -0.15) is 0 Å². The van der Waals surface area contributed by atoms with Gasteiger partial charge in [0.05, 0.1) is 5.41 Å². The fourth-order valence-corrected chi connectivity index (χ4v) is 1.65. The third kappa shape index (κ3) is 2.36. The molecule has 0 aliphatic heterocycles. The molecule has 3 nitrogen and oxygen atoms in total. The molecule has 0 amide bonds. The zero-order valence-corrected chi connectivity index (χ0v) is 9.67. The van der Waals surface area contributed by atoms with E-state index < -0.39 is 0 Å². The van der Waals surface area contributed by atoms with Crippen molar-refractivity contribution in [1.82, 2.24) is 0 Å². The van der Waals surface area contributed by atoms with Gasteiger partial charge < -0.3 is 10.5 Å². The Bertz CT molecular complexity index is 385. The van der Waals surface area contributed by atoms with E-state index in [4.69, 9.17) is 22.1 Å². The van der Waals surface area contributed by atoms with Crippen molar-refractivity contribution in [3.63, 3.8) is 0 Å². The lowest BCUT2D eigenvalue weighted by Crippen LogP contribution is -2.27. The molecule has 1 aliphatic rings. The van der Waals surface area contributed by atoms with Crippen LogP contribution in [0.5, 0.6) is 0 Å². The average molecular weight is 240 g/mol. The highest BCUT2D eigenvalue weighted by atomic mass is 35.5. The van der Waals surface area contributed by atoms with E-state index in [1.54, 1.807) is 12.1 Å². The SMILES string of the molecule is NCC1(C(=O)OCc2ccc(Cl)cc2)CC1. The normalized spacial score (nSPS) is 16.9. The Balaban J connectivity index is 1.88. The molecule has 1 saturated carbocycles. The van der Waals surface area contributed by atoms with E-state index in [0.717, 1.165) is 18.4 Å². The summed E-state index contributed by atoms with van der Waals surface area (Å²) in [6.45, 7) is 0.671. The summed E-state index contributed by atoms with van der Waals surface area (Å²) in [4.78, 5) is 11.7. The van der Waals surface area contributed by atoms with E-state index in [2.05, 4.69) is 0 Å². The van der Waals surface area contributed by atoms with Crippen molar-refractivity contribution in [2.75, 3.05) is 6.54 Å². The van der Waals surface area contributed by atoms with Crippen LogP contribution in [0.2, 0.25) is 5.02 Å². The molecule has 4 heteroatoms. The van der Waals surface area contributed by atoms with Crippen molar-refractivity contribution in [2.24, 2.45) is 11.1 Å². The first-order chi connectivity index (χ1) is 7.66. The lowest BCUT2D eigenvalue weighted by molar-refractivity contribution is -0.151. The summed E-state index contributed by atoms with van der Waals surface area (Å²) >= 11 is 5.76. The van der Waals surface area contributed by atoms with Gasteiger partial charge in [-0.1, -0.05) is 23.7 Å². The fourth-order valence-electron chi connectivity index (χ4n) is 1.53. The van der Waals surface area contributed by atoms with Crippen LogP contribution in [0.25, 0.3) is 0 Å². The average Bonchev–Trinajstić information content (AvgIpc) is 3.09. The van der Waals surface area contributed by atoms with Crippen LogP contribution in [0.1, 0.15) is 18.4 Å². The molecular weight excluding hydrogens is 226 g/mol. The summed E-state index contributed by atoms with van der Waals surface area (Å²) in [6, 6.07) is 7.25. The maximum absolute atomic E-state index is 11.7. The molecule has 16 heavy (non-hydrogen) atoms. The molecule has 0 saturated heterocycles. The third-order valence-electron chi connectivity index (χ3n) is 2.96. The summed E-state index contributed by atoms with van der Waals surface area (Å²) in [5.41, 5.74) is 6.09. The van der Waals surface area contributed by atoms with Crippen LogP contribution in [0.15, 0.2) is 24.3 Å². The highest BCUT2D eigenvalue weighted by molar-refractivity contribution is 6.30. The molecule has 0 spiro atoms. The Morgan fingerprint density at radius 3 is 2.50 bits per heavy atom. The van der Waals surface area contributed by atoms with E-state index in [0.29, 0.717) is 11.6 Å². The fraction of sp³-hybridized carbons (Fsp3) is 0.417. The molecule has 86 valence electrons. The monoisotopic (exact) mass is 239 g/mol. The van der Waals surface area contributed by atoms with Crippen LogP contribution in [0.3, 0.4) is 0 Å². The summed E-state index contributed by atoms with van der Waals surface area (Å²) < 4.78 is 5.22. The Morgan fingerprint density at radius 1 is 1.38 bits per heavy atom. The molecule has 0 atom stereocenters. The van der Waals surface area contributed by atoms with E-state index in [9.17, 15) is 4.79 Å². The van der Waals surface area contributed by atoms with Crippen LogP contribution in [0.4, 0.5) is 0 Å². The summed E-state index contributed by atoms with van der Waals surface area (Å²) in [5.74, 6) is -0.176. The number of ether oxygens (including phenoxy) is 1. The first kappa shape index (κ1) is 11.4. The molecular formula is C12H14ClNO2. The molecule has 0 heterocycles. The molecule has 1 aliphatic carbocycles. The molecule has 0 aromatic heterocycles. The van der Waals surface area contributed by atoms with Crippen LogP contribution >= 0.6 is 11.6 Å². The van der Waals surface area contributed by atoms with Gasteiger partial charge >= 0.3 is 5.97 Å². The number of esters is 1. The van der Waals surface area contributed by atoms with Crippen LogP contribution < -0.4 is 5.73 Å². The molecule has 0 unspecified atom stereocenters. The van der Waals surface area contributed by atoms with Crippen molar-refractivity contribution in [3.05, 3.63) is 34.9 Å². The quantitative estimate of drug-likeness (QED) is 0.819. The van der Waals surface area contributed by atoms with Gasteiger partial charge in [-0.25, -0.2) is 0 Å². The lowest BCUT2D eigenvalue weighted by atomic mass is 10.1. The zero-order chi connectivity index (χ0) is 11.6. The predicted octanol–water partition coefficient (Wildman–Crippen LogP) is 2.12. The number of carbonyl (C=O) groups excluding carboxylic acids is 1. The highest BCUT2D eigenvalue weighted by Crippen LogP contribution is 2.45. The molecule has 2 rings (SSSR count). The van der Waals surface area contributed by atoms with Gasteiger partial charge in [0.15, 0.2) is 0 Å². The zero-order valence-electron chi connectivity index (χ0n) is 8.91. The molecule has 1 aromatic carbocycles. The van der Waals surface area contributed by atoms with E-state index >= 15 is 0 Å². The summed E-state index contributed by atoms with van der Waals surface area (Å²) in [6.07, 6.45) is 1.70. The second-order valence-electron chi connectivity index (χ2n) is 4.19. The number of hydrogen-bond donors (Lipinski definition) is 1. The predicted molar refractivity (Wildman–Crippen MR) is 62.0 cm³/mol. The number of halogens is 1. The largest absolute Gasteiger partial charge is 0.460 e. The maximum atomic E-state index is 11.7. The topological polar surface area (TPSA) is 52.3 Å². The van der Waals surface area contributed by atoms with Crippen molar-refractivity contribution in [2.45, 2.75) is 19.4 Å². The van der Waals surface area contributed by atoms with Crippen LogP contribution in [0, 0.1) is 5.41 Å². The van der Waals surface area contributed by atoms with E-state index in [1.807, 2.05) is 12.1 Å². The van der Waals surface area contributed by atoms with Gasteiger partial charge in [-0.3, -0.25) is 4.79 Å².